The Morgan fingerprint density at radius 1 is 0.600 bits per heavy atom. The highest BCUT2D eigenvalue weighted by molar-refractivity contribution is 5.73. The van der Waals surface area contributed by atoms with Crippen LogP contribution in [0.3, 0.4) is 0 Å². The van der Waals surface area contributed by atoms with Crippen LogP contribution >= 0.6 is 0 Å². The van der Waals surface area contributed by atoms with Crippen LogP contribution in [0.2, 0.25) is 0 Å². The van der Waals surface area contributed by atoms with Crippen molar-refractivity contribution in [1.29, 1.82) is 0 Å². The molecule has 7 N–H and O–H groups in total. The fourth-order valence-electron chi connectivity index (χ4n) is 9.36. The zero-order chi connectivity index (χ0) is 51.4. The molecule has 5 fully saturated rings. The van der Waals surface area contributed by atoms with Crippen LogP contribution < -0.4 is 0 Å². The SMILES string of the molecule is CCCCCC1CCCCCCCCCC(=O)OC2C(OC3OC(C)C(OC(=O)C(C)C)C(O)C3O)C(C)OC(OC3C(OC(CO)C(O)C3O)OC3C(O1)OC(C)C(O)C3O)C2OC(=O)C(C)CC. The third kappa shape index (κ3) is 15.2. The predicted octanol–water partition coefficient (Wildman–Crippen LogP) is 2.19. The summed E-state index contributed by atoms with van der Waals surface area (Å²) in [6.07, 6.45) is -20.7. The number of carbonyl (C=O) groups excluding carboxylic acids is 3. The van der Waals surface area contributed by atoms with Crippen LogP contribution in [0.25, 0.3) is 0 Å². The summed E-state index contributed by atoms with van der Waals surface area (Å²) in [5.74, 6) is -3.34. The quantitative estimate of drug-likeness (QED) is 0.0838. The van der Waals surface area contributed by atoms with Crippen molar-refractivity contribution < 1.29 is 102 Å². The molecule has 2 bridgehead atoms. The standard InChI is InChI=1S/C49H84O21/c1-9-11-17-20-29-21-18-15-13-12-14-16-19-22-31(51)65-42-39(68-46-37(57)36(56)38(27(7)61-46)66-44(58)24(3)4)28(8)62-49(43(42)67-45(59)25(5)10-2)70-41-35(55)33(53)30(23-50)64-48(41)69-40-34(54)32(52)26(6)60-47(40)63-29/h24-30,32-43,46-50,52-57H,9-23H2,1-8H3. The van der Waals surface area contributed by atoms with Gasteiger partial charge in [0.15, 0.2) is 43.5 Å². The number of aliphatic hydroxyl groups excluding tert-OH is 7. The normalized spacial score (nSPS) is 42.5. The summed E-state index contributed by atoms with van der Waals surface area (Å²) in [6.45, 7) is 12.5. The summed E-state index contributed by atoms with van der Waals surface area (Å²) in [7, 11) is 0. The lowest BCUT2D eigenvalue weighted by Gasteiger charge is -2.50. The minimum absolute atomic E-state index is 0.0365. The summed E-state index contributed by atoms with van der Waals surface area (Å²) >= 11 is 0. The third-order valence-corrected chi connectivity index (χ3v) is 14.1. The summed E-state index contributed by atoms with van der Waals surface area (Å²) < 4.78 is 68.2. The Morgan fingerprint density at radius 2 is 1.19 bits per heavy atom. The van der Waals surface area contributed by atoms with Crippen LogP contribution in [0.4, 0.5) is 0 Å². The van der Waals surface area contributed by atoms with E-state index in [0.717, 1.165) is 51.4 Å². The summed E-state index contributed by atoms with van der Waals surface area (Å²) in [5.41, 5.74) is 0. The maximum Gasteiger partial charge on any atom is 0.309 e. The number of hydrogen-bond acceptors (Lipinski definition) is 21. The minimum atomic E-state index is -1.92. The largest absolute Gasteiger partial charge is 0.457 e. The Kier molecular flexibility index (Phi) is 23.4. The molecule has 70 heavy (non-hydrogen) atoms. The van der Waals surface area contributed by atoms with E-state index in [0.29, 0.717) is 32.1 Å². The van der Waals surface area contributed by atoms with Crippen molar-refractivity contribution in [2.45, 2.75) is 274 Å². The Labute approximate surface area is 412 Å². The Bertz CT molecular complexity index is 1590. The molecule has 406 valence electrons. The van der Waals surface area contributed by atoms with Gasteiger partial charge in [0, 0.05) is 6.42 Å². The van der Waals surface area contributed by atoms with Crippen molar-refractivity contribution in [3.63, 3.8) is 0 Å². The first-order chi connectivity index (χ1) is 33.3. The molecule has 5 aliphatic heterocycles. The molecule has 0 aliphatic carbocycles. The molecule has 5 rings (SSSR count). The average Bonchev–Trinajstić information content (AvgIpc) is 3.32. The molecule has 22 unspecified atom stereocenters. The molecular formula is C49H84O21. The molecule has 0 aromatic carbocycles. The lowest BCUT2D eigenvalue weighted by Crippen LogP contribution is -2.68. The number of fused-ring (bicyclic) bond motifs is 4. The van der Waals surface area contributed by atoms with E-state index in [4.69, 9.17) is 52.1 Å². The molecule has 0 aromatic heterocycles. The zero-order valence-electron chi connectivity index (χ0n) is 42.2. The van der Waals surface area contributed by atoms with E-state index in [9.17, 15) is 50.1 Å². The van der Waals surface area contributed by atoms with Gasteiger partial charge in [0.1, 0.15) is 61.0 Å². The molecule has 22 atom stereocenters. The lowest BCUT2D eigenvalue weighted by atomic mass is 9.95. The molecule has 0 amide bonds. The van der Waals surface area contributed by atoms with Crippen molar-refractivity contribution in [3.05, 3.63) is 0 Å². The Hall–Kier alpha value is -2.19. The number of rotatable bonds is 12. The molecule has 5 aliphatic rings. The fourth-order valence-corrected chi connectivity index (χ4v) is 9.36. The smallest absolute Gasteiger partial charge is 0.309 e. The van der Waals surface area contributed by atoms with Crippen LogP contribution in [0.5, 0.6) is 0 Å². The van der Waals surface area contributed by atoms with Crippen molar-refractivity contribution in [3.8, 4) is 0 Å². The van der Waals surface area contributed by atoms with E-state index < -0.39 is 159 Å². The maximum atomic E-state index is 13.9. The van der Waals surface area contributed by atoms with Crippen molar-refractivity contribution >= 4 is 17.9 Å². The Balaban J connectivity index is 1.55. The molecule has 5 saturated heterocycles. The topological polar surface area (TPSA) is 294 Å². The fraction of sp³-hybridized carbons (Fsp3) is 0.939. The van der Waals surface area contributed by atoms with Crippen LogP contribution in [-0.2, 0) is 66.5 Å². The van der Waals surface area contributed by atoms with Crippen LogP contribution in [0.15, 0.2) is 0 Å². The summed E-state index contributed by atoms with van der Waals surface area (Å²) in [6, 6.07) is 0. The van der Waals surface area contributed by atoms with Gasteiger partial charge in [-0.1, -0.05) is 92.4 Å². The van der Waals surface area contributed by atoms with Crippen LogP contribution in [0.1, 0.15) is 145 Å². The number of carbonyl (C=O) groups is 3. The molecule has 21 heteroatoms. The monoisotopic (exact) mass is 1010 g/mol. The number of hydrogen-bond donors (Lipinski definition) is 7. The first kappa shape index (κ1) is 58.7. The number of esters is 3. The average molecular weight is 1010 g/mol. The van der Waals surface area contributed by atoms with Gasteiger partial charge in [0.05, 0.1) is 42.9 Å². The van der Waals surface area contributed by atoms with Gasteiger partial charge < -0.3 is 87.9 Å². The maximum absolute atomic E-state index is 13.9. The van der Waals surface area contributed by atoms with E-state index in [1.54, 1.807) is 34.6 Å². The van der Waals surface area contributed by atoms with Gasteiger partial charge in [-0.3, -0.25) is 14.4 Å². The minimum Gasteiger partial charge on any atom is -0.457 e. The molecule has 0 aromatic rings. The van der Waals surface area contributed by atoms with E-state index in [1.165, 1.54) is 13.8 Å². The molecular weight excluding hydrogens is 925 g/mol. The van der Waals surface area contributed by atoms with Crippen molar-refractivity contribution in [2.75, 3.05) is 6.61 Å². The highest BCUT2D eigenvalue weighted by Gasteiger charge is 2.58. The summed E-state index contributed by atoms with van der Waals surface area (Å²) in [4.78, 5) is 40.3. The molecule has 21 nitrogen and oxygen atoms in total. The highest BCUT2D eigenvalue weighted by atomic mass is 16.8. The highest BCUT2D eigenvalue weighted by Crippen LogP contribution is 2.38. The first-order valence-electron chi connectivity index (χ1n) is 25.8. The summed E-state index contributed by atoms with van der Waals surface area (Å²) in [5, 5.41) is 78.8. The Morgan fingerprint density at radius 3 is 1.83 bits per heavy atom. The third-order valence-electron chi connectivity index (χ3n) is 14.1. The van der Waals surface area contributed by atoms with Gasteiger partial charge in [0.25, 0.3) is 0 Å². The number of unbranched alkanes of at least 4 members (excludes halogenated alkanes) is 2. The van der Waals surface area contributed by atoms with Gasteiger partial charge in [-0.05, 0) is 46.5 Å². The number of ether oxygens (including phenoxy) is 11. The van der Waals surface area contributed by atoms with Gasteiger partial charge in [-0.15, -0.1) is 0 Å². The van der Waals surface area contributed by atoms with Crippen LogP contribution in [-0.4, -0.2) is 189 Å². The van der Waals surface area contributed by atoms with Crippen LogP contribution in [0, 0.1) is 11.8 Å². The second kappa shape index (κ2) is 27.9. The van der Waals surface area contributed by atoms with E-state index in [1.807, 2.05) is 0 Å². The first-order valence-corrected chi connectivity index (χ1v) is 25.8. The zero-order valence-corrected chi connectivity index (χ0v) is 42.2. The van der Waals surface area contributed by atoms with Gasteiger partial charge in [-0.25, -0.2) is 0 Å². The molecule has 0 radical (unpaired) electrons. The predicted molar refractivity (Wildman–Crippen MR) is 244 cm³/mol. The van der Waals surface area contributed by atoms with Gasteiger partial charge in [0.2, 0.25) is 0 Å². The van der Waals surface area contributed by atoms with E-state index >= 15 is 0 Å². The second-order valence-electron chi connectivity index (χ2n) is 20.1. The van der Waals surface area contributed by atoms with Crippen molar-refractivity contribution in [1.82, 2.24) is 0 Å². The van der Waals surface area contributed by atoms with Gasteiger partial charge in [-0.2, -0.15) is 0 Å². The molecule has 0 spiro atoms. The van der Waals surface area contributed by atoms with E-state index in [-0.39, 0.29) is 12.5 Å². The molecule has 0 saturated carbocycles. The second-order valence-corrected chi connectivity index (χ2v) is 20.1. The van der Waals surface area contributed by atoms with Gasteiger partial charge >= 0.3 is 17.9 Å². The number of aliphatic hydroxyl groups is 7. The van der Waals surface area contributed by atoms with E-state index in [2.05, 4.69) is 6.92 Å². The van der Waals surface area contributed by atoms with Crippen molar-refractivity contribution in [2.24, 2.45) is 11.8 Å². The molecule has 5 heterocycles. The lowest BCUT2D eigenvalue weighted by molar-refractivity contribution is -0.399.